The molecule has 0 bridgehead atoms. The first-order valence-corrected chi connectivity index (χ1v) is 12.4. The Morgan fingerprint density at radius 2 is 1.37 bits per heavy atom. The zero-order valence-electron chi connectivity index (χ0n) is 18.6. The molecule has 0 aliphatic heterocycles. The van der Waals surface area contributed by atoms with E-state index in [0.717, 1.165) is 28.9 Å². The predicted octanol–water partition coefficient (Wildman–Crippen LogP) is 9.33. The average Bonchev–Trinajstić information content (AvgIpc) is 2.78. The summed E-state index contributed by atoms with van der Waals surface area (Å²) in [7, 11) is 0. The summed E-state index contributed by atoms with van der Waals surface area (Å²) < 4.78 is 14.2. The van der Waals surface area contributed by atoms with Crippen molar-refractivity contribution in [1.29, 1.82) is 0 Å². The highest BCUT2D eigenvalue weighted by atomic mass is 35.5. The van der Waals surface area contributed by atoms with Gasteiger partial charge >= 0.3 is 0 Å². The topological polar surface area (TPSA) is 0 Å². The number of hydrogen-bond acceptors (Lipinski definition) is 0. The Morgan fingerprint density at radius 3 is 1.97 bits per heavy atom. The molecule has 2 aromatic carbocycles. The van der Waals surface area contributed by atoms with Gasteiger partial charge in [0.15, 0.2) is 0 Å². The monoisotopic (exact) mass is 426 g/mol. The lowest BCUT2D eigenvalue weighted by atomic mass is 9.74. The van der Waals surface area contributed by atoms with E-state index in [1.165, 1.54) is 69.8 Å². The maximum Gasteiger partial charge on any atom is 0.145 e. The minimum Gasteiger partial charge on any atom is -0.205 e. The Kier molecular flexibility index (Phi) is 7.19. The third-order valence-corrected chi connectivity index (χ3v) is 8.30. The van der Waals surface area contributed by atoms with E-state index < -0.39 is 0 Å². The van der Waals surface area contributed by atoms with E-state index in [4.69, 9.17) is 11.6 Å². The molecule has 0 nitrogen and oxygen atoms in total. The van der Waals surface area contributed by atoms with E-state index in [2.05, 4.69) is 31.2 Å². The van der Waals surface area contributed by atoms with Crippen molar-refractivity contribution in [2.75, 3.05) is 0 Å². The van der Waals surface area contributed by atoms with E-state index in [9.17, 15) is 4.39 Å². The van der Waals surface area contributed by atoms with Gasteiger partial charge in [-0.2, -0.15) is 0 Å². The van der Waals surface area contributed by atoms with Crippen LogP contribution in [0.25, 0.3) is 11.1 Å². The zero-order valence-corrected chi connectivity index (χ0v) is 19.4. The molecule has 2 aliphatic carbocycles. The first kappa shape index (κ1) is 21.9. The van der Waals surface area contributed by atoms with Crippen molar-refractivity contribution in [3.63, 3.8) is 0 Å². The Morgan fingerprint density at radius 1 is 0.800 bits per heavy atom. The third kappa shape index (κ3) is 5.10. The zero-order chi connectivity index (χ0) is 21.1. The van der Waals surface area contributed by atoms with Crippen molar-refractivity contribution in [2.24, 2.45) is 17.8 Å². The van der Waals surface area contributed by atoms with Crippen LogP contribution < -0.4 is 0 Å². The molecule has 2 heteroatoms. The standard InChI is InChI=1S/C28H36ClF/c1-19-3-6-21(7-4-19)8-9-22-10-12-23(13-11-22)24-14-16-25(17-15-24)26-18-5-20(2)28(30)27(26)29/h5,14-19,21-23H,3-4,6-13H2,1-2H3. The molecular weight excluding hydrogens is 391 g/mol. The first-order chi connectivity index (χ1) is 14.5. The molecule has 0 saturated heterocycles. The van der Waals surface area contributed by atoms with E-state index in [1.54, 1.807) is 13.0 Å². The molecule has 0 radical (unpaired) electrons. The summed E-state index contributed by atoms with van der Waals surface area (Å²) in [5, 5.41) is 0.232. The van der Waals surface area contributed by atoms with Gasteiger partial charge in [0, 0.05) is 5.56 Å². The van der Waals surface area contributed by atoms with Crippen LogP contribution in [0.5, 0.6) is 0 Å². The highest BCUT2D eigenvalue weighted by molar-refractivity contribution is 6.33. The Hall–Kier alpha value is -1.34. The van der Waals surface area contributed by atoms with Crippen LogP contribution in [0.1, 0.15) is 88.2 Å². The van der Waals surface area contributed by atoms with Crippen molar-refractivity contribution in [1.82, 2.24) is 0 Å². The summed E-state index contributed by atoms with van der Waals surface area (Å²) in [6.07, 6.45) is 14.1. The molecular formula is C28H36ClF. The molecule has 4 rings (SSSR count). The van der Waals surface area contributed by atoms with Gasteiger partial charge in [-0.1, -0.05) is 93.4 Å². The third-order valence-electron chi connectivity index (χ3n) is 7.93. The van der Waals surface area contributed by atoms with Crippen molar-refractivity contribution < 1.29 is 4.39 Å². The second-order valence-corrected chi connectivity index (χ2v) is 10.5. The predicted molar refractivity (Wildman–Crippen MR) is 127 cm³/mol. The first-order valence-electron chi connectivity index (χ1n) is 12.1. The van der Waals surface area contributed by atoms with Crippen molar-refractivity contribution in [3.8, 4) is 11.1 Å². The molecule has 0 unspecified atom stereocenters. The molecule has 2 aromatic rings. The van der Waals surface area contributed by atoms with Gasteiger partial charge in [-0.3, -0.25) is 0 Å². The fourth-order valence-electron chi connectivity index (χ4n) is 5.68. The number of aryl methyl sites for hydroxylation is 1. The van der Waals surface area contributed by atoms with E-state index in [1.807, 2.05) is 6.07 Å². The van der Waals surface area contributed by atoms with Gasteiger partial charge in [0.05, 0.1) is 5.02 Å². The summed E-state index contributed by atoms with van der Waals surface area (Å²) in [4.78, 5) is 0. The maximum absolute atomic E-state index is 14.2. The molecule has 0 heterocycles. The second kappa shape index (κ2) is 9.86. The largest absolute Gasteiger partial charge is 0.205 e. The summed E-state index contributed by atoms with van der Waals surface area (Å²) >= 11 is 6.26. The SMILES string of the molecule is Cc1ccc(-c2ccc(C3CCC(CCC4CCC(C)CC4)CC3)cc2)c(Cl)c1F. The molecule has 0 amide bonds. The summed E-state index contributed by atoms with van der Waals surface area (Å²) in [5.74, 6) is 3.28. The summed E-state index contributed by atoms with van der Waals surface area (Å²) in [6, 6.07) is 12.4. The Labute approximate surface area is 187 Å². The van der Waals surface area contributed by atoms with Crippen LogP contribution in [0.2, 0.25) is 5.02 Å². The summed E-state index contributed by atoms with van der Waals surface area (Å²) in [5.41, 5.74) is 3.81. The van der Waals surface area contributed by atoms with Crippen molar-refractivity contribution >= 4 is 11.6 Å². The molecule has 30 heavy (non-hydrogen) atoms. The minimum absolute atomic E-state index is 0.232. The molecule has 2 aliphatic rings. The average molecular weight is 427 g/mol. The van der Waals surface area contributed by atoms with E-state index in [-0.39, 0.29) is 10.8 Å². The van der Waals surface area contributed by atoms with Crippen molar-refractivity contribution in [3.05, 3.63) is 58.4 Å². The van der Waals surface area contributed by atoms with Crippen LogP contribution in [-0.2, 0) is 0 Å². The molecule has 162 valence electrons. The van der Waals surface area contributed by atoms with Gasteiger partial charge in [-0.25, -0.2) is 4.39 Å². The molecule has 0 N–H and O–H groups in total. The van der Waals surface area contributed by atoms with Gasteiger partial charge < -0.3 is 0 Å². The fourth-order valence-corrected chi connectivity index (χ4v) is 6.00. The van der Waals surface area contributed by atoms with E-state index in [0.29, 0.717) is 11.5 Å². The lowest BCUT2D eigenvalue weighted by Gasteiger charge is -2.31. The van der Waals surface area contributed by atoms with Crippen LogP contribution in [0.15, 0.2) is 36.4 Å². The molecule has 2 fully saturated rings. The van der Waals surface area contributed by atoms with Gasteiger partial charge in [0.25, 0.3) is 0 Å². The molecule has 0 spiro atoms. The Balaban J connectivity index is 1.29. The van der Waals surface area contributed by atoms with Crippen molar-refractivity contribution in [2.45, 2.75) is 84.0 Å². The van der Waals surface area contributed by atoms with Crippen LogP contribution in [0.3, 0.4) is 0 Å². The quantitative estimate of drug-likeness (QED) is 0.446. The fraction of sp³-hybridized carbons (Fsp3) is 0.571. The highest BCUT2D eigenvalue weighted by Gasteiger charge is 2.24. The lowest BCUT2D eigenvalue weighted by Crippen LogP contribution is -2.17. The summed E-state index contributed by atoms with van der Waals surface area (Å²) in [6.45, 7) is 4.16. The van der Waals surface area contributed by atoms with Gasteiger partial charge in [0.1, 0.15) is 5.82 Å². The van der Waals surface area contributed by atoms with Crippen LogP contribution in [0.4, 0.5) is 4.39 Å². The number of halogens is 2. The molecule has 2 saturated carbocycles. The molecule has 0 aromatic heterocycles. The molecule has 0 atom stereocenters. The van der Waals surface area contributed by atoms with Crippen LogP contribution >= 0.6 is 11.6 Å². The van der Waals surface area contributed by atoms with Gasteiger partial charge in [-0.05, 0) is 73.0 Å². The number of hydrogen-bond donors (Lipinski definition) is 0. The minimum atomic E-state index is -0.306. The van der Waals surface area contributed by atoms with E-state index >= 15 is 0 Å². The van der Waals surface area contributed by atoms with Gasteiger partial charge in [-0.15, -0.1) is 0 Å². The van der Waals surface area contributed by atoms with Gasteiger partial charge in [0.2, 0.25) is 0 Å². The lowest BCUT2D eigenvalue weighted by molar-refractivity contribution is 0.237. The highest BCUT2D eigenvalue weighted by Crippen LogP contribution is 2.40. The number of rotatable bonds is 5. The van der Waals surface area contributed by atoms with Crippen LogP contribution in [0, 0.1) is 30.5 Å². The van der Waals surface area contributed by atoms with Crippen LogP contribution in [-0.4, -0.2) is 0 Å². The normalized spacial score (nSPS) is 27.2. The Bertz CT molecular complexity index is 824. The smallest absolute Gasteiger partial charge is 0.145 e. The maximum atomic E-state index is 14.2. The second-order valence-electron chi connectivity index (χ2n) is 10.1. The number of benzene rings is 2.